The van der Waals surface area contributed by atoms with E-state index in [0.717, 1.165) is 37.7 Å². The Kier molecular flexibility index (Phi) is 5.11. The fourth-order valence-corrected chi connectivity index (χ4v) is 5.51. The van der Waals surface area contributed by atoms with Gasteiger partial charge in [0.25, 0.3) is 5.91 Å². The molecule has 1 saturated heterocycles. The molecule has 0 saturated carbocycles. The van der Waals surface area contributed by atoms with Gasteiger partial charge in [-0.05, 0) is 63.7 Å². The van der Waals surface area contributed by atoms with Crippen molar-refractivity contribution in [3.63, 3.8) is 0 Å². The first-order valence-electron chi connectivity index (χ1n) is 9.48. The van der Waals surface area contributed by atoms with Crippen LogP contribution in [-0.4, -0.2) is 16.5 Å². The largest absolute Gasteiger partial charge is 0.270 e. The van der Waals surface area contributed by atoms with Crippen LogP contribution in [0.15, 0.2) is 88.7 Å². The number of amides is 1. The van der Waals surface area contributed by atoms with Gasteiger partial charge in [-0.2, -0.15) is 0 Å². The van der Waals surface area contributed by atoms with Gasteiger partial charge in [0.05, 0.1) is 10.6 Å². The molecule has 0 aromatic heterocycles. The summed E-state index contributed by atoms with van der Waals surface area (Å²) in [6.45, 7) is 0. The monoisotopic (exact) mass is 443 g/mol. The SMILES string of the molecule is CSc1cccc(N2C(=O)/C(=C\c3c4ccccc4cc4ccccc34)SC2=S)c1. The van der Waals surface area contributed by atoms with Gasteiger partial charge in [0, 0.05) is 4.90 Å². The maximum Gasteiger partial charge on any atom is 0.270 e. The Morgan fingerprint density at radius 3 is 2.23 bits per heavy atom. The minimum Gasteiger partial charge on any atom is -0.268 e. The van der Waals surface area contributed by atoms with Gasteiger partial charge in [-0.3, -0.25) is 9.69 Å². The van der Waals surface area contributed by atoms with Crippen LogP contribution in [0.25, 0.3) is 27.6 Å². The van der Waals surface area contributed by atoms with Crippen LogP contribution in [0.3, 0.4) is 0 Å². The molecule has 0 spiro atoms. The molecule has 1 fully saturated rings. The first-order chi connectivity index (χ1) is 14.7. The predicted octanol–water partition coefficient (Wildman–Crippen LogP) is 7.12. The Hall–Kier alpha value is -2.60. The third-order valence-corrected chi connectivity index (χ3v) is 7.22. The summed E-state index contributed by atoms with van der Waals surface area (Å²) >= 11 is 8.60. The maximum absolute atomic E-state index is 13.3. The average molecular weight is 444 g/mol. The molecule has 5 heteroatoms. The van der Waals surface area contributed by atoms with Crippen molar-refractivity contribution in [1.82, 2.24) is 0 Å². The Bertz CT molecular complexity index is 1310. The van der Waals surface area contributed by atoms with E-state index in [1.165, 1.54) is 11.8 Å². The third-order valence-electron chi connectivity index (χ3n) is 5.19. The molecule has 1 aliphatic rings. The number of carbonyl (C=O) groups is 1. The molecule has 0 radical (unpaired) electrons. The number of fused-ring (bicyclic) bond motifs is 2. The molecule has 0 aliphatic carbocycles. The zero-order valence-corrected chi connectivity index (χ0v) is 18.6. The summed E-state index contributed by atoms with van der Waals surface area (Å²) < 4.78 is 0.564. The van der Waals surface area contributed by atoms with Crippen LogP contribution in [0, 0.1) is 0 Å². The zero-order valence-electron chi connectivity index (χ0n) is 16.2. The lowest BCUT2D eigenvalue weighted by molar-refractivity contribution is -0.113. The van der Waals surface area contributed by atoms with Crippen LogP contribution >= 0.6 is 35.7 Å². The molecule has 4 aromatic carbocycles. The second-order valence-corrected chi connectivity index (χ2v) is 9.51. The van der Waals surface area contributed by atoms with E-state index >= 15 is 0 Å². The van der Waals surface area contributed by atoms with Gasteiger partial charge >= 0.3 is 0 Å². The summed E-state index contributed by atoms with van der Waals surface area (Å²) in [5, 5.41) is 4.58. The smallest absolute Gasteiger partial charge is 0.268 e. The lowest BCUT2D eigenvalue weighted by atomic mass is 9.96. The number of hydrogen-bond acceptors (Lipinski definition) is 4. The van der Waals surface area contributed by atoms with E-state index in [1.807, 2.05) is 60.9 Å². The van der Waals surface area contributed by atoms with E-state index in [9.17, 15) is 4.79 Å². The normalized spacial score (nSPS) is 15.6. The summed E-state index contributed by atoms with van der Waals surface area (Å²) in [5.41, 5.74) is 1.87. The van der Waals surface area contributed by atoms with Crippen molar-refractivity contribution < 1.29 is 4.79 Å². The molecule has 2 nitrogen and oxygen atoms in total. The number of hydrogen-bond donors (Lipinski definition) is 0. The Labute approximate surface area is 189 Å². The Balaban J connectivity index is 1.66. The summed E-state index contributed by atoms with van der Waals surface area (Å²) in [5.74, 6) is -0.0692. The second kappa shape index (κ2) is 7.91. The number of thioether (sulfide) groups is 2. The highest BCUT2D eigenvalue weighted by molar-refractivity contribution is 8.27. The van der Waals surface area contributed by atoms with Crippen LogP contribution in [0.1, 0.15) is 5.56 Å². The second-order valence-electron chi connectivity index (χ2n) is 6.95. The standard InChI is InChI=1S/C25H17NOS3/c1-29-19-10-6-9-18(14-19)26-24(27)23(30-25(26)28)15-22-20-11-4-2-7-16(20)13-17-8-3-5-12-21(17)22/h2-15H,1H3/b23-15+. The molecule has 1 aliphatic heterocycles. The van der Waals surface area contributed by atoms with Crippen LogP contribution in [-0.2, 0) is 4.79 Å². The van der Waals surface area contributed by atoms with E-state index in [2.05, 4.69) is 30.3 Å². The molecule has 5 rings (SSSR count). The van der Waals surface area contributed by atoms with Crippen molar-refractivity contribution in [2.45, 2.75) is 4.90 Å². The molecular weight excluding hydrogens is 426 g/mol. The molecule has 146 valence electrons. The van der Waals surface area contributed by atoms with Crippen molar-refractivity contribution in [3.05, 3.63) is 89.3 Å². The summed E-state index contributed by atoms with van der Waals surface area (Å²) in [7, 11) is 0. The number of benzene rings is 4. The van der Waals surface area contributed by atoms with Gasteiger partial charge in [0.15, 0.2) is 4.32 Å². The van der Waals surface area contributed by atoms with E-state index in [0.29, 0.717) is 9.23 Å². The number of thiocarbonyl (C=S) groups is 1. The van der Waals surface area contributed by atoms with Crippen LogP contribution in [0.2, 0.25) is 0 Å². The molecule has 1 heterocycles. The van der Waals surface area contributed by atoms with Crippen molar-refractivity contribution in [1.29, 1.82) is 0 Å². The van der Waals surface area contributed by atoms with E-state index in [4.69, 9.17) is 12.2 Å². The summed E-state index contributed by atoms with van der Waals surface area (Å²) in [6, 6.07) is 26.7. The van der Waals surface area contributed by atoms with Gasteiger partial charge in [0.2, 0.25) is 0 Å². The van der Waals surface area contributed by atoms with Gasteiger partial charge < -0.3 is 0 Å². The zero-order chi connectivity index (χ0) is 20.7. The minimum atomic E-state index is -0.0692. The topological polar surface area (TPSA) is 20.3 Å². The predicted molar refractivity (Wildman–Crippen MR) is 135 cm³/mol. The first-order valence-corrected chi connectivity index (χ1v) is 11.9. The molecule has 30 heavy (non-hydrogen) atoms. The molecular formula is C25H17NOS3. The third kappa shape index (κ3) is 3.33. The highest BCUT2D eigenvalue weighted by Gasteiger charge is 2.33. The number of anilines is 1. The molecule has 0 unspecified atom stereocenters. The lowest BCUT2D eigenvalue weighted by Crippen LogP contribution is -2.27. The number of rotatable bonds is 3. The van der Waals surface area contributed by atoms with Crippen molar-refractivity contribution >= 4 is 79.3 Å². The van der Waals surface area contributed by atoms with Crippen LogP contribution < -0.4 is 4.90 Å². The quantitative estimate of drug-likeness (QED) is 0.145. The van der Waals surface area contributed by atoms with Crippen LogP contribution in [0.5, 0.6) is 0 Å². The van der Waals surface area contributed by atoms with Gasteiger partial charge in [-0.1, -0.05) is 78.6 Å². The highest BCUT2D eigenvalue weighted by Crippen LogP contribution is 2.39. The fraction of sp³-hybridized carbons (Fsp3) is 0.0400. The fourth-order valence-electron chi connectivity index (χ4n) is 3.78. The maximum atomic E-state index is 13.3. The number of nitrogens with zero attached hydrogens (tertiary/aromatic N) is 1. The minimum absolute atomic E-state index is 0.0692. The average Bonchev–Trinajstić information content (AvgIpc) is 3.06. The van der Waals surface area contributed by atoms with Crippen molar-refractivity contribution in [2.75, 3.05) is 11.2 Å². The Morgan fingerprint density at radius 2 is 1.57 bits per heavy atom. The lowest BCUT2D eigenvalue weighted by Gasteiger charge is -2.15. The van der Waals surface area contributed by atoms with E-state index in [-0.39, 0.29) is 5.91 Å². The van der Waals surface area contributed by atoms with E-state index in [1.54, 1.807) is 16.7 Å². The van der Waals surface area contributed by atoms with Crippen molar-refractivity contribution in [3.8, 4) is 0 Å². The highest BCUT2D eigenvalue weighted by atomic mass is 32.2. The molecule has 4 aromatic rings. The molecule has 0 bridgehead atoms. The molecule has 0 atom stereocenters. The van der Waals surface area contributed by atoms with Crippen LogP contribution in [0.4, 0.5) is 5.69 Å². The van der Waals surface area contributed by atoms with Crippen molar-refractivity contribution in [2.24, 2.45) is 0 Å². The van der Waals surface area contributed by atoms with Gasteiger partial charge in [0.1, 0.15) is 0 Å². The number of carbonyl (C=O) groups excluding carboxylic acids is 1. The summed E-state index contributed by atoms with van der Waals surface area (Å²) in [6.07, 6.45) is 4.03. The first kappa shape index (κ1) is 19.4. The summed E-state index contributed by atoms with van der Waals surface area (Å²) in [4.78, 5) is 16.7. The van der Waals surface area contributed by atoms with Gasteiger partial charge in [-0.25, -0.2) is 0 Å². The molecule has 0 N–H and O–H groups in total. The van der Waals surface area contributed by atoms with E-state index < -0.39 is 0 Å². The Morgan fingerprint density at radius 1 is 0.900 bits per heavy atom. The van der Waals surface area contributed by atoms with Gasteiger partial charge in [-0.15, -0.1) is 11.8 Å². The molecule has 1 amide bonds.